The highest BCUT2D eigenvalue weighted by atomic mass is 16.6. The molecule has 1 aromatic carbocycles. The highest BCUT2D eigenvalue weighted by molar-refractivity contribution is 5.43. The van der Waals surface area contributed by atoms with Crippen molar-refractivity contribution in [3.63, 3.8) is 0 Å². The minimum absolute atomic E-state index is 0.0677. The first kappa shape index (κ1) is 13.7. The molecular weight excluding hydrogens is 256 g/mol. The second-order valence-electron chi connectivity index (χ2n) is 5.48. The summed E-state index contributed by atoms with van der Waals surface area (Å²) in [6.07, 6.45) is 0.126. The Hall–Kier alpha value is -1.30. The van der Waals surface area contributed by atoms with Crippen LogP contribution in [0.3, 0.4) is 0 Å². The lowest BCUT2D eigenvalue weighted by atomic mass is 10.1. The van der Waals surface area contributed by atoms with Gasteiger partial charge in [0, 0.05) is 25.7 Å². The number of ether oxygens (including phenoxy) is 3. The first-order valence-electron chi connectivity index (χ1n) is 7.20. The molecule has 0 radical (unpaired) electrons. The van der Waals surface area contributed by atoms with Crippen LogP contribution in [0.25, 0.3) is 0 Å². The largest absolute Gasteiger partial charge is 0.486 e. The van der Waals surface area contributed by atoms with E-state index in [0.717, 1.165) is 37.7 Å². The smallest absolute Gasteiger partial charge is 0.161 e. The molecule has 0 aliphatic carbocycles. The molecule has 2 aliphatic heterocycles. The van der Waals surface area contributed by atoms with Crippen LogP contribution in [0.1, 0.15) is 12.5 Å². The third kappa shape index (κ3) is 3.06. The Morgan fingerprint density at radius 1 is 1.25 bits per heavy atom. The van der Waals surface area contributed by atoms with Crippen LogP contribution in [0.2, 0.25) is 0 Å². The second kappa shape index (κ2) is 5.99. The van der Waals surface area contributed by atoms with Gasteiger partial charge in [-0.25, -0.2) is 0 Å². The summed E-state index contributed by atoms with van der Waals surface area (Å²) >= 11 is 0. The molecule has 2 unspecified atom stereocenters. The van der Waals surface area contributed by atoms with Crippen molar-refractivity contribution in [3.05, 3.63) is 23.8 Å². The lowest BCUT2D eigenvalue weighted by molar-refractivity contribution is -0.0403. The van der Waals surface area contributed by atoms with Crippen molar-refractivity contribution in [3.8, 4) is 11.5 Å². The fraction of sp³-hybridized carbons (Fsp3) is 0.600. The van der Waals surface area contributed by atoms with Gasteiger partial charge >= 0.3 is 0 Å². The average Bonchev–Trinajstić information content (AvgIpc) is 2.47. The van der Waals surface area contributed by atoms with Gasteiger partial charge in [0.05, 0.1) is 12.7 Å². The van der Waals surface area contributed by atoms with E-state index in [4.69, 9.17) is 19.9 Å². The predicted octanol–water partition coefficient (Wildman–Crippen LogP) is 1.01. The molecule has 1 aromatic rings. The Labute approximate surface area is 119 Å². The van der Waals surface area contributed by atoms with Crippen molar-refractivity contribution < 1.29 is 14.2 Å². The lowest BCUT2D eigenvalue weighted by Gasteiger charge is -2.34. The summed E-state index contributed by atoms with van der Waals surface area (Å²) in [5, 5.41) is 0. The van der Waals surface area contributed by atoms with Gasteiger partial charge in [0.2, 0.25) is 0 Å². The highest BCUT2D eigenvalue weighted by Crippen LogP contribution is 2.31. The molecule has 0 amide bonds. The van der Waals surface area contributed by atoms with E-state index < -0.39 is 0 Å². The van der Waals surface area contributed by atoms with Gasteiger partial charge < -0.3 is 19.9 Å². The molecule has 0 bridgehead atoms. The minimum atomic E-state index is 0.0677. The summed E-state index contributed by atoms with van der Waals surface area (Å²) in [6, 6.07) is 6.24. The monoisotopic (exact) mass is 278 g/mol. The molecule has 20 heavy (non-hydrogen) atoms. The van der Waals surface area contributed by atoms with Crippen molar-refractivity contribution in [2.75, 3.05) is 32.9 Å². The lowest BCUT2D eigenvalue weighted by Crippen LogP contribution is -2.49. The number of rotatable bonds is 3. The van der Waals surface area contributed by atoms with Crippen molar-refractivity contribution in [1.29, 1.82) is 0 Å². The molecule has 0 spiro atoms. The third-order valence-corrected chi connectivity index (χ3v) is 3.78. The fourth-order valence-electron chi connectivity index (χ4n) is 2.64. The number of hydrogen-bond donors (Lipinski definition) is 1. The summed E-state index contributed by atoms with van der Waals surface area (Å²) in [5.74, 6) is 1.70. The van der Waals surface area contributed by atoms with E-state index in [1.807, 2.05) is 13.0 Å². The molecule has 5 nitrogen and oxygen atoms in total. The molecule has 0 aromatic heterocycles. The van der Waals surface area contributed by atoms with Crippen molar-refractivity contribution in [2.45, 2.75) is 25.6 Å². The number of hydrogen-bond acceptors (Lipinski definition) is 5. The zero-order chi connectivity index (χ0) is 13.9. The summed E-state index contributed by atoms with van der Waals surface area (Å²) < 4.78 is 16.9. The minimum Gasteiger partial charge on any atom is -0.486 e. The molecule has 2 N–H and O–H groups in total. The van der Waals surface area contributed by atoms with Gasteiger partial charge in [0.1, 0.15) is 13.2 Å². The first-order chi connectivity index (χ1) is 9.72. The summed E-state index contributed by atoms with van der Waals surface area (Å²) in [7, 11) is 0. The van der Waals surface area contributed by atoms with Gasteiger partial charge in [0.25, 0.3) is 0 Å². The Morgan fingerprint density at radius 3 is 2.85 bits per heavy atom. The van der Waals surface area contributed by atoms with E-state index in [2.05, 4.69) is 17.0 Å². The van der Waals surface area contributed by atoms with Gasteiger partial charge in [0.15, 0.2) is 11.5 Å². The second-order valence-corrected chi connectivity index (χ2v) is 5.48. The predicted molar refractivity (Wildman–Crippen MR) is 76.1 cm³/mol. The number of nitrogens with two attached hydrogens (primary N) is 1. The summed E-state index contributed by atoms with van der Waals surface area (Å²) in [5.41, 5.74) is 7.16. The topological polar surface area (TPSA) is 57.0 Å². The molecule has 3 rings (SSSR count). The SMILES string of the molecule is CC(N)C1CN(Cc2ccc3c(c2)OCCO3)CCO1. The van der Waals surface area contributed by atoms with E-state index in [1.165, 1.54) is 5.56 Å². The van der Waals surface area contributed by atoms with Gasteiger partial charge in [-0.1, -0.05) is 6.07 Å². The Bertz CT molecular complexity index is 464. The quantitative estimate of drug-likeness (QED) is 0.894. The number of nitrogens with zero attached hydrogens (tertiary/aromatic N) is 1. The zero-order valence-electron chi connectivity index (χ0n) is 11.9. The highest BCUT2D eigenvalue weighted by Gasteiger charge is 2.23. The maximum atomic E-state index is 5.93. The maximum Gasteiger partial charge on any atom is 0.161 e. The van der Waals surface area contributed by atoms with Gasteiger partial charge in [-0.15, -0.1) is 0 Å². The maximum absolute atomic E-state index is 5.93. The van der Waals surface area contributed by atoms with Crippen LogP contribution >= 0.6 is 0 Å². The van der Waals surface area contributed by atoms with E-state index in [0.29, 0.717) is 13.2 Å². The Balaban J connectivity index is 1.65. The number of morpholine rings is 1. The molecule has 1 saturated heterocycles. The van der Waals surface area contributed by atoms with Crippen LogP contribution in [-0.4, -0.2) is 50.0 Å². The fourth-order valence-corrected chi connectivity index (χ4v) is 2.64. The Kier molecular flexibility index (Phi) is 4.10. The van der Waals surface area contributed by atoms with E-state index in [1.54, 1.807) is 0 Å². The van der Waals surface area contributed by atoms with Crippen molar-refractivity contribution in [2.24, 2.45) is 5.73 Å². The summed E-state index contributed by atoms with van der Waals surface area (Å²) in [6.45, 7) is 6.72. The van der Waals surface area contributed by atoms with Crippen LogP contribution in [-0.2, 0) is 11.3 Å². The van der Waals surface area contributed by atoms with Crippen LogP contribution in [0, 0.1) is 0 Å². The van der Waals surface area contributed by atoms with Crippen LogP contribution < -0.4 is 15.2 Å². The molecule has 2 heterocycles. The zero-order valence-corrected chi connectivity index (χ0v) is 11.9. The van der Waals surface area contributed by atoms with E-state index in [-0.39, 0.29) is 12.1 Å². The van der Waals surface area contributed by atoms with Gasteiger partial charge in [-0.05, 0) is 24.6 Å². The van der Waals surface area contributed by atoms with Crippen LogP contribution in [0.4, 0.5) is 0 Å². The molecule has 0 saturated carbocycles. The molecule has 2 atom stereocenters. The molecule has 2 aliphatic rings. The van der Waals surface area contributed by atoms with E-state index in [9.17, 15) is 0 Å². The number of benzene rings is 1. The molecule has 1 fully saturated rings. The molecule has 110 valence electrons. The number of fused-ring (bicyclic) bond motifs is 1. The molecular formula is C15H22N2O3. The first-order valence-corrected chi connectivity index (χ1v) is 7.20. The normalized spacial score (nSPS) is 24.4. The molecule has 5 heteroatoms. The summed E-state index contributed by atoms with van der Waals surface area (Å²) in [4.78, 5) is 2.38. The van der Waals surface area contributed by atoms with E-state index >= 15 is 0 Å². The average molecular weight is 278 g/mol. The third-order valence-electron chi connectivity index (χ3n) is 3.78. The van der Waals surface area contributed by atoms with Gasteiger partial charge in [-0.2, -0.15) is 0 Å². The van der Waals surface area contributed by atoms with Crippen molar-refractivity contribution >= 4 is 0 Å². The van der Waals surface area contributed by atoms with Crippen LogP contribution in [0.15, 0.2) is 18.2 Å². The van der Waals surface area contributed by atoms with Crippen LogP contribution in [0.5, 0.6) is 11.5 Å². The van der Waals surface area contributed by atoms with Gasteiger partial charge in [-0.3, -0.25) is 4.90 Å². The van der Waals surface area contributed by atoms with Crippen molar-refractivity contribution in [1.82, 2.24) is 4.90 Å². The Morgan fingerprint density at radius 2 is 2.05 bits per heavy atom. The standard InChI is InChI=1S/C15H22N2O3/c1-11(16)15-10-17(4-5-18-15)9-12-2-3-13-14(8-12)20-7-6-19-13/h2-3,8,11,15H,4-7,9-10,16H2,1H3.